The molecule has 3 unspecified atom stereocenters. The van der Waals surface area contributed by atoms with Gasteiger partial charge in [-0.25, -0.2) is 0 Å². The number of aliphatic hydroxyl groups excluding tert-OH is 1. The van der Waals surface area contributed by atoms with Crippen LogP contribution in [0.2, 0.25) is 0 Å². The van der Waals surface area contributed by atoms with Gasteiger partial charge in [0.2, 0.25) is 17.7 Å². The van der Waals surface area contributed by atoms with E-state index >= 15 is 0 Å². The van der Waals surface area contributed by atoms with Crippen LogP contribution < -0.4 is 15.4 Å². The van der Waals surface area contributed by atoms with Gasteiger partial charge in [-0.1, -0.05) is 27.2 Å². The van der Waals surface area contributed by atoms with Crippen molar-refractivity contribution >= 4 is 23.4 Å². The summed E-state index contributed by atoms with van der Waals surface area (Å²) in [7, 11) is 0. The average Bonchev–Trinajstić information content (AvgIpc) is 3.37. The van der Waals surface area contributed by atoms with Crippen molar-refractivity contribution in [3.8, 4) is 5.75 Å². The standard InChI is InChI=1S/C29H43N3O6/c1-8-17(5)21(15-33)32-24(26(35)30-16(3)4)29-14-18(6)28(7,38-29)22(23(29)27(32)36)25(34)31-19-10-12-20(13-11-19)37-9-2/h10-13,16-18,21-24,33H,8-9,14-15H2,1-7H3,(H,30,35)(H,31,34)/t17-,18?,21-,22-,23-,24?,28+,29?/m0/s1. The van der Waals surface area contributed by atoms with Crippen LogP contribution in [0.4, 0.5) is 5.69 Å². The minimum Gasteiger partial charge on any atom is -0.494 e. The summed E-state index contributed by atoms with van der Waals surface area (Å²) in [5.41, 5.74) is -1.47. The highest BCUT2D eigenvalue weighted by Gasteiger charge is 2.80. The minimum absolute atomic E-state index is 0.0464. The molecule has 38 heavy (non-hydrogen) atoms. The van der Waals surface area contributed by atoms with E-state index < -0.39 is 35.1 Å². The summed E-state index contributed by atoms with van der Waals surface area (Å²) in [6, 6.07) is 5.48. The van der Waals surface area contributed by atoms with Gasteiger partial charge in [-0.05, 0) is 70.2 Å². The van der Waals surface area contributed by atoms with Crippen molar-refractivity contribution in [3.05, 3.63) is 24.3 Å². The van der Waals surface area contributed by atoms with Crippen LogP contribution in [-0.4, -0.2) is 70.3 Å². The lowest BCUT2D eigenvalue weighted by molar-refractivity contribution is -0.151. The van der Waals surface area contributed by atoms with Gasteiger partial charge < -0.3 is 30.1 Å². The number of nitrogens with zero attached hydrogens (tertiary/aromatic N) is 1. The number of amides is 3. The van der Waals surface area contributed by atoms with Crippen LogP contribution in [0.25, 0.3) is 0 Å². The van der Waals surface area contributed by atoms with Crippen molar-refractivity contribution < 1.29 is 29.0 Å². The third-order valence-electron chi connectivity index (χ3n) is 8.99. The number of ether oxygens (including phenoxy) is 2. The summed E-state index contributed by atoms with van der Waals surface area (Å²) < 4.78 is 12.2. The number of carbonyl (C=O) groups is 3. The zero-order valence-corrected chi connectivity index (χ0v) is 23.6. The van der Waals surface area contributed by atoms with E-state index in [4.69, 9.17) is 9.47 Å². The van der Waals surface area contributed by atoms with E-state index in [-0.39, 0.29) is 42.2 Å². The van der Waals surface area contributed by atoms with Crippen molar-refractivity contribution in [2.24, 2.45) is 23.7 Å². The number of hydrogen-bond donors (Lipinski definition) is 3. The lowest BCUT2D eigenvalue weighted by Crippen LogP contribution is -2.60. The smallest absolute Gasteiger partial charge is 0.246 e. The second-order valence-electron chi connectivity index (χ2n) is 11.7. The maximum atomic E-state index is 14.3. The van der Waals surface area contributed by atoms with Gasteiger partial charge in [-0.15, -0.1) is 0 Å². The first-order valence-electron chi connectivity index (χ1n) is 13.9. The average molecular weight is 530 g/mol. The summed E-state index contributed by atoms with van der Waals surface area (Å²) >= 11 is 0. The van der Waals surface area contributed by atoms with Crippen molar-refractivity contribution in [2.75, 3.05) is 18.5 Å². The molecule has 210 valence electrons. The van der Waals surface area contributed by atoms with Gasteiger partial charge in [-0.2, -0.15) is 0 Å². The molecule has 9 heteroatoms. The summed E-state index contributed by atoms with van der Waals surface area (Å²) in [6.45, 7) is 13.8. The lowest BCUT2D eigenvalue weighted by Gasteiger charge is -2.39. The normalized spacial score (nSPS) is 33.3. The number of aliphatic hydroxyl groups is 1. The topological polar surface area (TPSA) is 117 Å². The number of benzene rings is 1. The predicted octanol–water partition coefficient (Wildman–Crippen LogP) is 2.97. The van der Waals surface area contributed by atoms with Crippen LogP contribution in [0.3, 0.4) is 0 Å². The molecular formula is C29H43N3O6. The summed E-state index contributed by atoms with van der Waals surface area (Å²) in [5.74, 6) is -1.93. The van der Waals surface area contributed by atoms with Gasteiger partial charge in [0.15, 0.2) is 0 Å². The number of rotatable bonds is 10. The molecule has 3 amide bonds. The SMILES string of the molecule is CCOc1ccc(NC(=O)[C@@H]2[C@H]3C(=O)N([C@@H](CO)[C@@H](C)CC)C(C(=O)NC(C)C)C34CC(C)[C@@]2(C)O4)cc1. The molecule has 2 bridgehead atoms. The molecule has 0 aliphatic carbocycles. The summed E-state index contributed by atoms with van der Waals surface area (Å²) in [4.78, 5) is 43.5. The lowest BCUT2D eigenvalue weighted by atomic mass is 9.62. The Morgan fingerprint density at radius 3 is 2.39 bits per heavy atom. The highest BCUT2D eigenvalue weighted by atomic mass is 16.5. The quantitative estimate of drug-likeness (QED) is 0.429. The first kappa shape index (κ1) is 28.4. The van der Waals surface area contributed by atoms with Gasteiger partial charge in [-0.3, -0.25) is 14.4 Å². The highest BCUT2D eigenvalue weighted by molar-refractivity contribution is 6.02. The zero-order chi connectivity index (χ0) is 28.0. The largest absolute Gasteiger partial charge is 0.494 e. The molecule has 9 nitrogen and oxygen atoms in total. The maximum absolute atomic E-state index is 14.3. The molecule has 8 atom stereocenters. The number of hydrogen-bond acceptors (Lipinski definition) is 6. The van der Waals surface area contributed by atoms with Crippen LogP contribution in [0, 0.1) is 23.7 Å². The molecule has 3 aliphatic rings. The predicted molar refractivity (Wildman–Crippen MR) is 143 cm³/mol. The fraction of sp³-hybridized carbons (Fsp3) is 0.690. The Bertz CT molecular complexity index is 1060. The van der Waals surface area contributed by atoms with Crippen molar-refractivity contribution in [2.45, 2.75) is 90.6 Å². The first-order valence-corrected chi connectivity index (χ1v) is 13.9. The monoisotopic (exact) mass is 529 g/mol. The number of fused-ring (bicyclic) bond motifs is 1. The van der Waals surface area contributed by atoms with Crippen LogP contribution in [-0.2, 0) is 19.1 Å². The van der Waals surface area contributed by atoms with Gasteiger partial charge >= 0.3 is 0 Å². The van der Waals surface area contributed by atoms with Gasteiger partial charge in [0.25, 0.3) is 0 Å². The van der Waals surface area contributed by atoms with Crippen molar-refractivity contribution in [3.63, 3.8) is 0 Å². The molecule has 1 aromatic rings. The van der Waals surface area contributed by atoms with Crippen LogP contribution in [0.1, 0.15) is 61.3 Å². The summed E-state index contributed by atoms with van der Waals surface area (Å²) in [6.07, 6.45) is 1.21. The number of carbonyl (C=O) groups excluding carboxylic acids is 3. The molecular weight excluding hydrogens is 486 g/mol. The molecule has 1 spiro atoms. The van der Waals surface area contributed by atoms with Crippen molar-refractivity contribution in [1.82, 2.24) is 10.2 Å². The van der Waals surface area contributed by atoms with Crippen LogP contribution >= 0.6 is 0 Å². The van der Waals surface area contributed by atoms with Gasteiger partial charge in [0, 0.05) is 11.7 Å². The fourth-order valence-electron chi connectivity index (χ4n) is 6.93. The maximum Gasteiger partial charge on any atom is 0.246 e. The number of anilines is 1. The molecule has 4 rings (SSSR count). The third kappa shape index (κ3) is 4.37. The van der Waals surface area contributed by atoms with E-state index in [0.29, 0.717) is 24.5 Å². The van der Waals surface area contributed by atoms with E-state index in [2.05, 4.69) is 10.6 Å². The molecule has 3 saturated heterocycles. The number of likely N-dealkylation sites (tertiary alicyclic amines) is 1. The van der Waals surface area contributed by atoms with Crippen LogP contribution in [0.5, 0.6) is 5.75 Å². The van der Waals surface area contributed by atoms with E-state index in [0.717, 1.165) is 6.42 Å². The van der Waals surface area contributed by atoms with E-state index in [1.807, 2.05) is 48.5 Å². The van der Waals surface area contributed by atoms with Gasteiger partial charge in [0.1, 0.15) is 17.4 Å². The Labute approximate surface area is 225 Å². The Kier molecular flexibility index (Phi) is 7.83. The molecule has 1 aromatic carbocycles. The molecule has 3 N–H and O–H groups in total. The summed E-state index contributed by atoms with van der Waals surface area (Å²) in [5, 5.41) is 16.4. The Morgan fingerprint density at radius 1 is 1.18 bits per heavy atom. The second kappa shape index (κ2) is 10.5. The first-order chi connectivity index (χ1) is 17.9. The van der Waals surface area contributed by atoms with E-state index in [1.54, 1.807) is 29.2 Å². The molecule has 0 aromatic heterocycles. The molecule has 3 heterocycles. The van der Waals surface area contributed by atoms with E-state index in [1.165, 1.54) is 0 Å². The Balaban J connectivity index is 1.75. The molecule has 0 radical (unpaired) electrons. The fourth-order valence-corrected chi connectivity index (χ4v) is 6.93. The van der Waals surface area contributed by atoms with Crippen LogP contribution in [0.15, 0.2) is 24.3 Å². The Hall–Kier alpha value is -2.65. The van der Waals surface area contributed by atoms with Gasteiger partial charge in [0.05, 0.1) is 36.7 Å². The van der Waals surface area contributed by atoms with E-state index in [9.17, 15) is 19.5 Å². The molecule has 0 saturated carbocycles. The minimum atomic E-state index is -1.15. The molecule has 3 fully saturated rings. The zero-order valence-electron chi connectivity index (χ0n) is 23.6. The highest BCUT2D eigenvalue weighted by Crippen LogP contribution is 2.65. The Morgan fingerprint density at radius 2 is 1.84 bits per heavy atom. The molecule has 3 aliphatic heterocycles. The number of nitrogens with one attached hydrogen (secondary N) is 2. The third-order valence-corrected chi connectivity index (χ3v) is 8.99. The van der Waals surface area contributed by atoms with Crippen molar-refractivity contribution in [1.29, 1.82) is 0 Å². The second-order valence-corrected chi connectivity index (χ2v) is 11.7.